The average molecular weight is 456 g/mol. The van der Waals surface area contributed by atoms with Crippen LogP contribution < -0.4 is 0 Å². The Morgan fingerprint density at radius 1 is 1.24 bits per heavy atom. The number of likely N-dealkylation sites (tertiary alicyclic amines) is 1. The molecule has 1 unspecified atom stereocenters. The lowest BCUT2D eigenvalue weighted by atomic mass is 10.0. The lowest BCUT2D eigenvalue weighted by Crippen LogP contribution is -2.25. The summed E-state index contributed by atoms with van der Waals surface area (Å²) in [6.07, 6.45) is 6.51. The van der Waals surface area contributed by atoms with Crippen molar-refractivity contribution in [2.45, 2.75) is 32.2 Å². The molecule has 6 nitrogen and oxygen atoms in total. The Kier molecular flexibility index (Phi) is 6.32. The molecule has 1 atom stereocenters. The molecule has 1 aliphatic rings. The van der Waals surface area contributed by atoms with Gasteiger partial charge in [-0.2, -0.15) is 0 Å². The molecule has 4 aromatic rings. The highest BCUT2D eigenvalue weighted by atomic mass is 16.5. The average Bonchev–Trinajstić information content (AvgIpc) is 3.59. The van der Waals surface area contributed by atoms with Crippen LogP contribution in [0.2, 0.25) is 0 Å². The summed E-state index contributed by atoms with van der Waals surface area (Å²) in [5, 5.41) is 5.52. The molecular weight excluding hydrogens is 426 g/mol. The van der Waals surface area contributed by atoms with E-state index in [0.717, 1.165) is 54.2 Å². The SMILES string of the molecule is COC(=O)C=Cc1ccc(C2CCCN2CCc2c(-c3cc(C)on3)[nH]c3ccccc23)cc1. The number of aromatic nitrogens is 2. The largest absolute Gasteiger partial charge is 0.466 e. The normalized spacial score (nSPS) is 16.6. The Hall–Kier alpha value is -3.64. The third-order valence-electron chi connectivity index (χ3n) is 6.64. The maximum atomic E-state index is 11.3. The standard InChI is InChI=1S/C28H29N3O3/c1-19-18-25(30-34-19)28-23(22-6-3-4-7-24(22)29-28)15-17-31-16-5-8-26(31)21-12-9-20(10-13-21)11-14-27(32)33-2/h3-4,6-7,9-14,18,26,29H,5,8,15-17H2,1-2H3. The third-order valence-corrected chi connectivity index (χ3v) is 6.64. The van der Waals surface area contributed by atoms with E-state index < -0.39 is 0 Å². The van der Waals surface area contributed by atoms with E-state index in [1.165, 1.54) is 36.1 Å². The molecule has 0 saturated carbocycles. The lowest BCUT2D eigenvalue weighted by molar-refractivity contribution is -0.134. The second-order valence-corrected chi connectivity index (χ2v) is 8.81. The number of ether oxygens (including phenoxy) is 1. The van der Waals surface area contributed by atoms with Crippen molar-refractivity contribution < 1.29 is 14.1 Å². The monoisotopic (exact) mass is 455 g/mol. The van der Waals surface area contributed by atoms with Gasteiger partial charge >= 0.3 is 5.97 Å². The number of carbonyl (C=O) groups is 1. The number of esters is 1. The summed E-state index contributed by atoms with van der Waals surface area (Å²) in [5.41, 5.74) is 6.64. The topological polar surface area (TPSA) is 71.4 Å². The second-order valence-electron chi connectivity index (χ2n) is 8.81. The molecule has 3 heterocycles. The minimum Gasteiger partial charge on any atom is -0.466 e. The van der Waals surface area contributed by atoms with Crippen LogP contribution in [0.25, 0.3) is 28.4 Å². The number of rotatable bonds is 7. The predicted octanol–water partition coefficient (Wildman–Crippen LogP) is 5.70. The number of hydrogen-bond acceptors (Lipinski definition) is 5. The summed E-state index contributed by atoms with van der Waals surface area (Å²) in [6, 6.07) is 19.3. The van der Waals surface area contributed by atoms with Crippen LogP contribution in [0.5, 0.6) is 0 Å². The third kappa shape index (κ3) is 4.54. The van der Waals surface area contributed by atoms with Crippen molar-refractivity contribution in [3.8, 4) is 11.4 Å². The molecule has 0 bridgehead atoms. The van der Waals surface area contributed by atoms with Crippen LogP contribution in [-0.4, -0.2) is 41.2 Å². The molecule has 174 valence electrons. The maximum absolute atomic E-state index is 11.3. The summed E-state index contributed by atoms with van der Waals surface area (Å²) in [4.78, 5) is 17.5. The van der Waals surface area contributed by atoms with Crippen LogP contribution in [0.1, 0.15) is 41.3 Å². The first-order valence-corrected chi connectivity index (χ1v) is 11.8. The number of H-pyrrole nitrogens is 1. The van der Waals surface area contributed by atoms with E-state index in [1.54, 1.807) is 6.08 Å². The second kappa shape index (κ2) is 9.69. The number of carbonyl (C=O) groups excluding carboxylic acids is 1. The molecule has 2 aromatic heterocycles. The lowest BCUT2D eigenvalue weighted by Gasteiger charge is -2.25. The Labute approximate surface area is 199 Å². The number of aromatic amines is 1. The highest BCUT2D eigenvalue weighted by Gasteiger charge is 2.26. The molecule has 5 rings (SSSR count). The fraction of sp³-hybridized carbons (Fsp3) is 0.286. The van der Waals surface area contributed by atoms with Gasteiger partial charge in [0.2, 0.25) is 0 Å². The van der Waals surface area contributed by atoms with Gasteiger partial charge in [-0.25, -0.2) is 4.79 Å². The van der Waals surface area contributed by atoms with Crippen molar-refractivity contribution in [2.24, 2.45) is 0 Å². The molecule has 1 N–H and O–H groups in total. The zero-order valence-electron chi connectivity index (χ0n) is 19.6. The number of fused-ring (bicyclic) bond motifs is 1. The van der Waals surface area contributed by atoms with Gasteiger partial charge in [-0.15, -0.1) is 0 Å². The number of hydrogen-bond donors (Lipinski definition) is 1. The van der Waals surface area contributed by atoms with E-state index >= 15 is 0 Å². The van der Waals surface area contributed by atoms with Crippen molar-refractivity contribution in [1.29, 1.82) is 0 Å². The van der Waals surface area contributed by atoms with E-state index in [2.05, 4.69) is 68.3 Å². The van der Waals surface area contributed by atoms with Gasteiger partial charge in [-0.3, -0.25) is 4.90 Å². The summed E-state index contributed by atoms with van der Waals surface area (Å²) < 4.78 is 10.0. The van der Waals surface area contributed by atoms with Crippen LogP contribution in [0.15, 0.2) is 65.2 Å². The van der Waals surface area contributed by atoms with Crippen molar-refractivity contribution in [1.82, 2.24) is 15.0 Å². The van der Waals surface area contributed by atoms with Crippen molar-refractivity contribution in [2.75, 3.05) is 20.2 Å². The van der Waals surface area contributed by atoms with Crippen LogP contribution in [0.4, 0.5) is 0 Å². The molecule has 1 aliphatic heterocycles. The van der Waals surface area contributed by atoms with Gasteiger partial charge in [-0.1, -0.05) is 47.6 Å². The number of methoxy groups -OCH3 is 1. The molecule has 1 fully saturated rings. The molecule has 1 saturated heterocycles. The quantitative estimate of drug-likeness (QED) is 0.286. The van der Waals surface area contributed by atoms with Gasteiger partial charge in [0.05, 0.1) is 12.8 Å². The van der Waals surface area contributed by atoms with Gasteiger partial charge in [0.1, 0.15) is 11.5 Å². The van der Waals surface area contributed by atoms with Crippen LogP contribution in [-0.2, 0) is 16.0 Å². The Morgan fingerprint density at radius 3 is 2.82 bits per heavy atom. The molecule has 0 spiro atoms. The fourth-order valence-electron chi connectivity index (χ4n) is 4.95. The first kappa shape index (κ1) is 22.2. The molecule has 34 heavy (non-hydrogen) atoms. The van der Waals surface area contributed by atoms with Crippen molar-refractivity contribution in [3.05, 3.63) is 83.1 Å². The minimum absolute atomic E-state index is 0.344. The van der Waals surface area contributed by atoms with E-state index in [0.29, 0.717) is 6.04 Å². The number of nitrogens with zero attached hydrogens (tertiary/aromatic N) is 2. The van der Waals surface area contributed by atoms with Crippen LogP contribution in [0, 0.1) is 6.92 Å². The molecule has 6 heteroatoms. The van der Waals surface area contributed by atoms with Gasteiger partial charge < -0.3 is 14.2 Å². The van der Waals surface area contributed by atoms with Gasteiger partial charge in [0.25, 0.3) is 0 Å². The zero-order valence-corrected chi connectivity index (χ0v) is 19.6. The Balaban J connectivity index is 1.34. The van der Waals surface area contributed by atoms with Crippen LogP contribution >= 0.6 is 0 Å². The smallest absolute Gasteiger partial charge is 0.330 e. The van der Waals surface area contributed by atoms with Gasteiger partial charge in [0, 0.05) is 35.6 Å². The first-order valence-electron chi connectivity index (χ1n) is 11.8. The van der Waals surface area contributed by atoms with Gasteiger partial charge in [-0.05, 0) is 61.6 Å². The van der Waals surface area contributed by atoms with Crippen molar-refractivity contribution >= 4 is 22.9 Å². The summed E-state index contributed by atoms with van der Waals surface area (Å²) in [7, 11) is 1.39. The number of nitrogens with one attached hydrogen (secondary N) is 1. The Morgan fingerprint density at radius 2 is 2.06 bits per heavy atom. The summed E-state index contributed by atoms with van der Waals surface area (Å²) >= 11 is 0. The van der Waals surface area contributed by atoms with E-state index in [-0.39, 0.29) is 5.97 Å². The fourth-order valence-corrected chi connectivity index (χ4v) is 4.95. The molecule has 2 aromatic carbocycles. The summed E-state index contributed by atoms with van der Waals surface area (Å²) in [6.45, 7) is 3.99. The van der Waals surface area contributed by atoms with Gasteiger partial charge in [0.15, 0.2) is 0 Å². The number of para-hydroxylation sites is 1. The molecular formula is C28H29N3O3. The predicted molar refractivity (Wildman–Crippen MR) is 133 cm³/mol. The van der Waals surface area contributed by atoms with E-state index in [9.17, 15) is 4.79 Å². The Bertz CT molecular complexity index is 1320. The highest BCUT2D eigenvalue weighted by Crippen LogP contribution is 2.34. The zero-order chi connectivity index (χ0) is 23.5. The van der Waals surface area contributed by atoms with Crippen molar-refractivity contribution in [3.63, 3.8) is 0 Å². The molecule has 0 radical (unpaired) electrons. The maximum Gasteiger partial charge on any atom is 0.330 e. The van der Waals surface area contributed by atoms with E-state index in [4.69, 9.17) is 4.52 Å². The minimum atomic E-state index is -0.344. The van der Waals surface area contributed by atoms with Crippen LogP contribution in [0.3, 0.4) is 0 Å². The first-order chi connectivity index (χ1) is 16.6. The molecule has 0 aliphatic carbocycles. The summed E-state index contributed by atoms with van der Waals surface area (Å²) in [5.74, 6) is 0.465. The van der Waals surface area contributed by atoms with E-state index in [1.807, 2.05) is 13.0 Å². The number of benzene rings is 2. The highest BCUT2D eigenvalue weighted by molar-refractivity contribution is 5.90. The molecule has 0 amide bonds. The number of aryl methyl sites for hydroxylation is 1.